The van der Waals surface area contributed by atoms with Gasteiger partial charge >= 0.3 is 5.97 Å². The molecule has 18 heavy (non-hydrogen) atoms. The average Bonchev–Trinajstić information content (AvgIpc) is 3.04. The van der Waals surface area contributed by atoms with Crippen LogP contribution in [0, 0.1) is 5.92 Å². The Morgan fingerprint density at radius 2 is 2.11 bits per heavy atom. The SMILES string of the molecule is CCN1C(=O)CC(N(CC(=O)O)CC2CC2)C1=O. The number of rotatable bonds is 6. The van der Waals surface area contributed by atoms with E-state index in [0.29, 0.717) is 19.0 Å². The normalized spacial score (nSPS) is 24.1. The van der Waals surface area contributed by atoms with Crippen LogP contribution in [0.25, 0.3) is 0 Å². The van der Waals surface area contributed by atoms with E-state index >= 15 is 0 Å². The molecule has 1 atom stereocenters. The highest BCUT2D eigenvalue weighted by Gasteiger charge is 2.42. The lowest BCUT2D eigenvalue weighted by Gasteiger charge is -2.25. The molecule has 2 rings (SSSR count). The maximum atomic E-state index is 12.0. The molecule has 0 radical (unpaired) electrons. The third-order valence-electron chi connectivity index (χ3n) is 3.51. The van der Waals surface area contributed by atoms with Gasteiger partial charge in [0, 0.05) is 13.1 Å². The first kappa shape index (κ1) is 13.0. The third kappa shape index (κ3) is 2.69. The summed E-state index contributed by atoms with van der Waals surface area (Å²) in [5.41, 5.74) is 0. The molecule has 0 bridgehead atoms. The van der Waals surface area contributed by atoms with Gasteiger partial charge in [0.05, 0.1) is 19.0 Å². The van der Waals surface area contributed by atoms with Crippen molar-refractivity contribution < 1.29 is 19.5 Å². The van der Waals surface area contributed by atoms with Crippen LogP contribution in [-0.2, 0) is 14.4 Å². The smallest absolute Gasteiger partial charge is 0.317 e. The van der Waals surface area contributed by atoms with Crippen LogP contribution in [0.1, 0.15) is 26.2 Å². The minimum Gasteiger partial charge on any atom is -0.480 e. The zero-order valence-electron chi connectivity index (χ0n) is 10.5. The third-order valence-corrected chi connectivity index (χ3v) is 3.51. The Labute approximate surface area is 106 Å². The van der Waals surface area contributed by atoms with Gasteiger partial charge in [0.25, 0.3) is 0 Å². The van der Waals surface area contributed by atoms with Gasteiger partial charge in [-0.15, -0.1) is 0 Å². The summed E-state index contributed by atoms with van der Waals surface area (Å²) in [6.07, 6.45) is 2.29. The van der Waals surface area contributed by atoms with E-state index in [4.69, 9.17) is 5.11 Å². The van der Waals surface area contributed by atoms with Gasteiger partial charge in [0.2, 0.25) is 11.8 Å². The van der Waals surface area contributed by atoms with Gasteiger partial charge in [-0.25, -0.2) is 0 Å². The van der Waals surface area contributed by atoms with Crippen LogP contribution in [0.2, 0.25) is 0 Å². The van der Waals surface area contributed by atoms with Gasteiger partial charge in [0.15, 0.2) is 0 Å². The van der Waals surface area contributed by atoms with Crippen LogP contribution >= 0.6 is 0 Å². The lowest BCUT2D eigenvalue weighted by Crippen LogP contribution is -2.45. The maximum absolute atomic E-state index is 12.0. The topological polar surface area (TPSA) is 77.9 Å². The molecule has 1 saturated heterocycles. The number of likely N-dealkylation sites (N-methyl/N-ethyl adjacent to an activating group) is 1. The monoisotopic (exact) mass is 254 g/mol. The van der Waals surface area contributed by atoms with Gasteiger partial charge in [-0.3, -0.25) is 24.2 Å². The van der Waals surface area contributed by atoms with E-state index in [2.05, 4.69) is 0 Å². The quantitative estimate of drug-likeness (QED) is 0.671. The van der Waals surface area contributed by atoms with Crippen LogP contribution in [0.5, 0.6) is 0 Å². The molecule has 1 aliphatic heterocycles. The Bertz CT molecular complexity index is 378. The van der Waals surface area contributed by atoms with E-state index in [1.807, 2.05) is 0 Å². The highest BCUT2D eigenvalue weighted by molar-refractivity contribution is 6.05. The second-order valence-electron chi connectivity index (χ2n) is 4.96. The van der Waals surface area contributed by atoms with Gasteiger partial charge in [-0.2, -0.15) is 0 Å². The van der Waals surface area contributed by atoms with Crippen molar-refractivity contribution in [1.29, 1.82) is 0 Å². The van der Waals surface area contributed by atoms with Crippen molar-refractivity contribution in [2.45, 2.75) is 32.2 Å². The summed E-state index contributed by atoms with van der Waals surface area (Å²) >= 11 is 0. The van der Waals surface area contributed by atoms with Crippen molar-refractivity contribution in [3.8, 4) is 0 Å². The van der Waals surface area contributed by atoms with Crippen LogP contribution in [0.3, 0.4) is 0 Å². The van der Waals surface area contributed by atoms with Crippen LogP contribution in [0.4, 0.5) is 0 Å². The van der Waals surface area contributed by atoms with Crippen molar-refractivity contribution in [2.75, 3.05) is 19.6 Å². The maximum Gasteiger partial charge on any atom is 0.317 e. The van der Waals surface area contributed by atoms with Crippen molar-refractivity contribution in [3.05, 3.63) is 0 Å². The highest BCUT2D eigenvalue weighted by Crippen LogP contribution is 2.31. The van der Waals surface area contributed by atoms with Crippen LogP contribution in [-0.4, -0.2) is 58.4 Å². The van der Waals surface area contributed by atoms with Crippen molar-refractivity contribution in [1.82, 2.24) is 9.80 Å². The molecule has 100 valence electrons. The van der Waals surface area contributed by atoms with E-state index in [1.165, 1.54) is 4.90 Å². The Hall–Kier alpha value is -1.43. The minimum atomic E-state index is -0.953. The fraction of sp³-hybridized carbons (Fsp3) is 0.750. The molecule has 0 aromatic carbocycles. The summed E-state index contributed by atoms with van der Waals surface area (Å²) in [4.78, 5) is 37.4. The zero-order valence-corrected chi connectivity index (χ0v) is 10.5. The van der Waals surface area contributed by atoms with Gasteiger partial charge in [-0.1, -0.05) is 0 Å². The number of amides is 2. The molecule has 1 saturated carbocycles. The molecule has 2 fully saturated rings. The molecule has 6 heteroatoms. The lowest BCUT2D eigenvalue weighted by molar-refractivity contribution is -0.141. The first-order valence-electron chi connectivity index (χ1n) is 6.33. The molecule has 1 aliphatic carbocycles. The molecule has 2 aliphatic rings. The molecule has 0 spiro atoms. The molecule has 2 amide bonds. The zero-order chi connectivity index (χ0) is 13.3. The first-order chi connectivity index (χ1) is 8.52. The van der Waals surface area contributed by atoms with Crippen molar-refractivity contribution >= 4 is 17.8 Å². The molecule has 6 nitrogen and oxygen atoms in total. The number of aliphatic carboxylic acids is 1. The number of imide groups is 1. The number of nitrogens with zero attached hydrogens (tertiary/aromatic N) is 2. The Morgan fingerprint density at radius 1 is 1.44 bits per heavy atom. The Kier molecular flexibility index (Phi) is 3.65. The van der Waals surface area contributed by atoms with Gasteiger partial charge < -0.3 is 5.11 Å². The van der Waals surface area contributed by atoms with Crippen LogP contribution < -0.4 is 0 Å². The summed E-state index contributed by atoms with van der Waals surface area (Å²) in [5, 5.41) is 8.90. The summed E-state index contributed by atoms with van der Waals surface area (Å²) in [5.74, 6) is -0.906. The predicted octanol–water partition coefficient (Wildman–Crippen LogP) is -0.0696. The standard InChI is InChI=1S/C12H18N2O4/c1-2-14-10(15)5-9(12(14)18)13(7-11(16)17)6-8-3-4-8/h8-9H,2-7H2,1H3,(H,16,17). The summed E-state index contributed by atoms with van der Waals surface area (Å²) in [6.45, 7) is 2.55. The summed E-state index contributed by atoms with van der Waals surface area (Å²) < 4.78 is 0. The predicted molar refractivity (Wildman–Crippen MR) is 62.7 cm³/mol. The van der Waals surface area contributed by atoms with E-state index in [0.717, 1.165) is 12.8 Å². The second-order valence-corrected chi connectivity index (χ2v) is 4.96. The summed E-state index contributed by atoms with van der Waals surface area (Å²) in [7, 11) is 0. The average molecular weight is 254 g/mol. The molecule has 1 N–H and O–H groups in total. The first-order valence-corrected chi connectivity index (χ1v) is 6.33. The van der Waals surface area contributed by atoms with Crippen molar-refractivity contribution in [3.63, 3.8) is 0 Å². The van der Waals surface area contributed by atoms with E-state index in [1.54, 1.807) is 11.8 Å². The number of carboxylic acids is 1. The molecular formula is C12H18N2O4. The molecule has 0 aromatic rings. The number of likely N-dealkylation sites (tertiary alicyclic amines) is 1. The number of carboxylic acid groups (broad SMARTS) is 1. The van der Waals surface area contributed by atoms with Gasteiger partial charge in [-0.05, 0) is 25.7 Å². The molecular weight excluding hydrogens is 236 g/mol. The van der Waals surface area contributed by atoms with E-state index in [9.17, 15) is 14.4 Å². The minimum absolute atomic E-state index is 0.118. The largest absolute Gasteiger partial charge is 0.480 e. The van der Waals surface area contributed by atoms with Gasteiger partial charge in [0.1, 0.15) is 0 Å². The fourth-order valence-corrected chi connectivity index (χ4v) is 2.39. The number of hydrogen-bond acceptors (Lipinski definition) is 4. The van der Waals surface area contributed by atoms with Crippen molar-refractivity contribution in [2.24, 2.45) is 5.92 Å². The molecule has 0 aromatic heterocycles. The van der Waals surface area contributed by atoms with E-state index < -0.39 is 12.0 Å². The number of carbonyl (C=O) groups is 3. The van der Waals surface area contributed by atoms with E-state index in [-0.39, 0.29) is 24.8 Å². The lowest BCUT2D eigenvalue weighted by atomic mass is 10.2. The number of carbonyl (C=O) groups excluding carboxylic acids is 2. The Balaban J connectivity index is 2.07. The molecule has 1 heterocycles. The van der Waals surface area contributed by atoms with Crippen LogP contribution in [0.15, 0.2) is 0 Å². The fourth-order valence-electron chi connectivity index (χ4n) is 2.39. The number of hydrogen-bond donors (Lipinski definition) is 1. The Morgan fingerprint density at radius 3 is 2.56 bits per heavy atom. The molecule has 1 unspecified atom stereocenters. The highest BCUT2D eigenvalue weighted by atomic mass is 16.4. The second kappa shape index (κ2) is 5.06. The summed E-state index contributed by atoms with van der Waals surface area (Å²) in [6, 6.07) is -0.575.